The van der Waals surface area contributed by atoms with Gasteiger partial charge in [0, 0.05) is 0 Å². The first-order valence-corrected chi connectivity index (χ1v) is 6.43. The smallest absolute Gasteiger partial charge is 0.336 e. The van der Waals surface area contributed by atoms with E-state index in [0.717, 1.165) is 11.6 Å². The summed E-state index contributed by atoms with van der Waals surface area (Å²) in [6.45, 7) is 6.34. The van der Waals surface area contributed by atoms with Crippen molar-refractivity contribution in [3.8, 4) is 11.1 Å². The van der Waals surface area contributed by atoms with E-state index in [1.165, 1.54) is 17.7 Å². The van der Waals surface area contributed by atoms with E-state index in [2.05, 4.69) is 20.8 Å². The number of rotatable bonds is 2. The number of carbonyl (C=O) groups is 1. The third-order valence-electron chi connectivity index (χ3n) is 3.27. The minimum absolute atomic E-state index is 0.0199. The van der Waals surface area contributed by atoms with Crippen LogP contribution in [-0.4, -0.2) is 11.1 Å². The van der Waals surface area contributed by atoms with Crippen LogP contribution in [0.1, 0.15) is 36.7 Å². The average molecular weight is 272 g/mol. The van der Waals surface area contributed by atoms with Gasteiger partial charge in [0.05, 0.1) is 5.56 Å². The van der Waals surface area contributed by atoms with Gasteiger partial charge in [-0.3, -0.25) is 0 Å². The fourth-order valence-corrected chi connectivity index (χ4v) is 2.09. The van der Waals surface area contributed by atoms with Crippen LogP contribution in [0.4, 0.5) is 4.39 Å². The van der Waals surface area contributed by atoms with Gasteiger partial charge >= 0.3 is 5.97 Å². The molecular weight excluding hydrogens is 255 g/mol. The molecule has 0 heterocycles. The minimum atomic E-state index is -1.13. The summed E-state index contributed by atoms with van der Waals surface area (Å²) in [7, 11) is 0. The molecule has 2 aromatic carbocycles. The van der Waals surface area contributed by atoms with Gasteiger partial charge in [-0.05, 0) is 34.2 Å². The van der Waals surface area contributed by atoms with Crippen molar-refractivity contribution >= 4 is 5.97 Å². The Balaban J connectivity index is 2.50. The van der Waals surface area contributed by atoms with Gasteiger partial charge in [-0.1, -0.05) is 51.1 Å². The zero-order valence-electron chi connectivity index (χ0n) is 11.8. The molecule has 0 bridgehead atoms. The number of aromatic carboxylic acids is 1. The van der Waals surface area contributed by atoms with Gasteiger partial charge < -0.3 is 5.11 Å². The number of benzene rings is 2. The highest BCUT2D eigenvalue weighted by Crippen LogP contribution is 2.28. The lowest BCUT2D eigenvalue weighted by Crippen LogP contribution is -2.10. The molecule has 0 unspecified atom stereocenters. The minimum Gasteiger partial charge on any atom is -0.478 e. The van der Waals surface area contributed by atoms with E-state index in [1.54, 1.807) is 0 Å². The predicted molar refractivity (Wildman–Crippen MR) is 77.5 cm³/mol. The molecule has 1 N–H and O–H groups in total. The standard InChI is InChI=1S/C17H17FO2/c1-17(2,3)12-6-4-11(5-7-12)14-9-8-13(18)10-15(14)16(19)20/h4-10H,1-3H3,(H,19,20). The second-order valence-corrected chi connectivity index (χ2v) is 5.82. The van der Waals surface area contributed by atoms with Crippen LogP contribution in [0.25, 0.3) is 11.1 Å². The van der Waals surface area contributed by atoms with E-state index in [0.29, 0.717) is 5.56 Å². The van der Waals surface area contributed by atoms with Crippen LogP contribution in [0.3, 0.4) is 0 Å². The Labute approximate surface area is 117 Å². The van der Waals surface area contributed by atoms with Crippen LogP contribution in [0.2, 0.25) is 0 Å². The lowest BCUT2D eigenvalue weighted by atomic mass is 9.86. The zero-order chi connectivity index (χ0) is 14.9. The van der Waals surface area contributed by atoms with Crippen LogP contribution in [-0.2, 0) is 5.41 Å². The maximum absolute atomic E-state index is 13.2. The van der Waals surface area contributed by atoms with Crippen molar-refractivity contribution in [2.24, 2.45) is 0 Å². The number of hydrogen-bond acceptors (Lipinski definition) is 1. The van der Waals surface area contributed by atoms with E-state index in [9.17, 15) is 9.18 Å². The summed E-state index contributed by atoms with van der Waals surface area (Å²) in [5.41, 5.74) is 2.49. The summed E-state index contributed by atoms with van der Waals surface area (Å²) in [6.07, 6.45) is 0. The Morgan fingerprint density at radius 3 is 2.15 bits per heavy atom. The van der Waals surface area contributed by atoms with Gasteiger partial charge in [-0.25, -0.2) is 9.18 Å². The summed E-state index contributed by atoms with van der Waals surface area (Å²) >= 11 is 0. The molecule has 20 heavy (non-hydrogen) atoms. The van der Waals surface area contributed by atoms with E-state index >= 15 is 0 Å². The molecule has 0 spiro atoms. The lowest BCUT2D eigenvalue weighted by molar-refractivity contribution is 0.0697. The fourth-order valence-electron chi connectivity index (χ4n) is 2.09. The quantitative estimate of drug-likeness (QED) is 0.874. The first kappa shape index (κ1) is 14.3. The van der Waals surface area contributed by atoms with Crippen molar-refractivity contribution in [1.29, 1.82) is 0 Å². The first-order valence-electron chi connectivity index (χ1n) is 6.43. The highest BCUT2D eigenvalue weighted by Gasteiger charge is 2.15. The van der Waals surface area contributed by atoms with Gasteiger partial charge in [0.2, 0.25) is 0 Å². The summed E-state index contributed by atoms with van der Waals surface area (Å²) < 4.78 is 13.2. The molecule has 0 atom stereocenters. The molecular formula is C17H17FO2. The van der Waals surface area contributed by atoms with E-state index < -0.39 is 11.8 Å². The molecule has 2 aromatic rings. The van der Waals surface area contributed by atoms with Crippen LogP contribution >= 0.6 is 0 Å². The highest BCUT2D eigenvalue weighted by molar-refractivity contribution is 5.96. The molecule has 0 saturated heterocycles. The SMILES string of the molecule is CC(C)(C)c1ccc(-c2ccc(F)cc2C(=O)O)cc1. The summed E-state index contributed by atoms with van der Waals surface area (Å²) in [5.74, 6) is -1.67. The topological polar surface area (TPSA) is 37.3 Å². The average Bonchev–Trinajstić information content (AvgIpc) is 2.37. The van der Waals surface area contributed by atoms with Gasteiger partial charge in [0.15, 0.2) is 0 Å². The molecule has 2 rings (SSSR count). The Morgan fingerprint density at radius 1 is 1.05 bits per heavy atom. The van der Waals surface area contributed by atoms with Crippen LogP contribution in [0, 0.1) is 5.82 Å². The molecule has 0 aromatic heterocycles. The Kier molecular flexibility index (Phi) is 3.62. The highest BCUT2D eigenvalue weighted by atomic mass is 19.1. The third-order valence-corrected chi connectivity index (χ3v) is 3.27. The summed E-state index contributed by atoms with van der Waals surface area (Å²) in [4.78, 5) is 11.2. The molecule has 104 valence electrons. The third kappa shape index (κ3) is 2.87. The number of hydrogen-bond donors (Lipinski definition) is 1. The van der Waals surface area contributed by atoms with Crippen molar-refractivity contribution < 1.29 is 14.3 Å². The zero-order valence-corrected chi connectivity index (χ0v) is 11.8. The van der Waals surface area contributed by atoms with Crippen molar-refractivity contribution in [3.63, 3.8) is 0 Å². The Hall–Kier alpha value is -2.16. The van der Waals surface area contributed by atoms with Crippen molar-refractivity contribution in [2.75, 3.05) is 0 Å². The second-order valence-electron chi connectivity index (χ2n) is 5.82. The van der Waals surface area contributed by atoms with E-state index in [-0.39, 0.29) is 11.0 Å². The molecule has 0 aliphatic carbocycles. The Morgan fingerprint density at radius 2 is 1.65 bits per heavy atom. The fraction of sp³-hybridized carbons (Fsp3) is 0.235. The van der Waals surface area contributed by atoms with Gasteiger partial charge in [-0.15, -0.1) is 0 Å². The molecule has 0 saturated carbocycles. The number of carboxylic acid groups (broad SMARTS) is 1. The Bertz CT molecular complexity index is 637. The van der Waals surface area contributed by atoms with E-state index in [4.69, 9.17) is 5.11 Å². The van der Waals surface area contributed by atoms with Gasteiger partial charge in [0.25, 0.3) is 0 Å². The largest absolute Gasteiger partial charge is 0.478 e. The second kappa shape index (κ2) is 5.08. The van der Waals surface area contributed by atoms with Crippen molar-refractivity contribution in [3.05, 3.63) is 59.4 Å². The van der Waals surface area contributed by atoms with Crippen LogP contribution < -0.4 is 0 Å². The molecule has 0 amide bonds. The number of halogens is 1. The van der Waals surface area contributed by atoms with Crippen molar-refractivity contribution in [1.82, 2.24) is 0 Å². The summed E-state index contributed by atoms with van der Waals surface area (Å²) in [6, 6.07) is 11.5. The maximum Gasteiger partial charge on any atom is 0.336 e. The molecule has 0 aliphatic rings. The predicted octanol–water partition coefficient (Wildman–Crippen LogP) is 4.49. The molecule has 0 fully saturated rings. The lowest BCUT2D eigenvalue weighted by Gasteiger charge is -2.19. The van der Waals surface area contributed by atoms with Crippen LogP contribution in [0.15, 0.2) is 42.5 Å². The maximum atomic E-state index is 13.2. The monoisotopic (exact) mass is 272 g/mol. The molecule has 2 nitrogen and oxygen atoms in total. The van der Waals surface area contributed by atoms with Gasteiger partial charge in [0.1, 0.15) is 5.82 Å². The first-order chi connectivity index (χ1) is 9.29. The van der Waals surface area contributed by atoms with Crippen molar-refractivity contribution in [2.45, 2.75) is 26.2 Å². The number of carboxylic acids is 1. The molecule has 3 heteroatoms. The normalized spacial score (nSPS) is 11.4. The molecule has 0 radical (unpaired) electrons. The van der Waals surface area contributed by atoms with Gasteiger partial charge in [-0.2, -0.15) is 0 Å². The molecule has 0 aliphatic heterocycles. The van der Waals surface area contributed by atoms with E-state index in [1.807, 2.05) is 24.3 Å². The van der Waals surface area contributed by atoms with Crippen LogP contribution in [0.5, 0.6) is 0 Å². The summed E-state index contributed by atoms with van der Waals surface area (Å²) in [5, 5.41) is 9.17.